The molecule has 0 aromatic heterocycles. The van der Waals surface area contributed by atoms with Gasteiger partial charge in [-0.15, -0.1) is 0 Å². The van der Waals surface area contributed by atoms with Crippen molar-refractivity contribution in [2.45, 2.75) is 59.2 Å². The Balaban J connectivity index is 2.41. The minimum Gasteiger partial charge on any atom is -0.352 e. The van der Waals surface area contributed by atoms with Gasteiger partial charge in [0.2, 0.25) is 21.8 Å². The standard InChI is InChI=1S/C25H33Cl2N3O4S/c1-6-17(3)28-25(32)18(4)29(15-20-10-11-21(26)14-23(20)27)24(31)16-30(35(5,33)34)22-12-8-19(7-2)9-13-22/h8-14,17-18H,6-7,15-16H2,1-5H3,(H,28,32)/t17-,18-/m1/s1. The summed E-state index contributed by atoms with van der Waals surface area (Å²) in [5.74, 6) is -0.871. The van der Waals surface area contributed by atoms with Gasteiger partial charge in [0.25, 0.3) is 0 Å². The maximum Gasteiger partial charge on any atom is 0.244 e. The van der Waals surface area contributed by atoms with Crippen LogP contribution in [0, 0.1) is 0 Å². The highest BCUT2D eigenvalue weighted by Gasteiger charge is 2.30. The highest BCUT2D eigenvalue weighted by atomic mass is 35.5. The summed E-state index contributed by atoms with van der Waals surface area (Å²) in [5, 5.41) is 3.67. The average molecular weight is 543 g/mol. The predicted octanol–water partition coefficient (Wildman–Crippen LogP) is 4.65. The van der Waals surface area contributed by atoms with Crippen LogP contribution in [0.25, 0.3) is 0 Å². The third kappa shape index (κ3) is 8.12. The lowest BCUT2D eigenvalue weighted by atomic mass is 10.1. The summed E-state index contributed by atoms with van der Waals surface area (Å²) in [6.45, 7) is 6.98. The summed E-state index contributed by atoms with van der Waals surface area (Å²) in [7, 11) is -3.78. The van der Waals surface area contributed by atoms with Gasteiger partial charge in [0.05, 0.1) is 11.9 Å². The second-order valence-electron chi connectivity index (χ2n) is 8.54. The van der Waals surface area contributed by atoms with Crippen LogP contribution in [0.3, 0.4) is 0 Å². The largest absolute Gasteiger partial charge is 0.352 e. The van der Waals surface area contributed by atoms with Gasteiger partial charge in [0.1, 0.15) is 12.6 Å². The van der Waals surface area contributed by atoms with Crippen LogP contribution in [0.4, 0.5) is 5.69 Å². The number of nitrogens with zero attached hydrogens (tertiary/aromatic N) is 2. The molecule has 2 rings (SSSR count). The molecule has 35 heavy (non-hydrogen) atoms. The SMILES string of the molecule is CCc1ccc(N(CC(=O)N(Cc2ccc(Cl)cc2Cl)[C@H](C)C(=O)N[C@H](C)CC)S(C)(=O)=O)cc1. The molecule has 7 nitrogen and oxygen atoms in total. The molecule has 0 spiro atoms. The van der Waals surface area contributed by atoms with Crippen molar-refractivity contribution in [2.24, 2.45) is 0 Å². The van der Waals surface area contributed by atoms with Gasteiger partial charge in [0, 0.05) is 22.6 Å². The molecule has 0 unspecified atom stereocenters. The molecule has 0 radical (unpaired) electrons. The van der Waals surface area contributed by atoms with Gasteiger partial charge in [-0.2, -0.15) is 0 Å². The van der Waals surface area contributed by atoms with Crippen LogP contribution in [0.2, 0.25) is 10.0 Å². The number of nitrogens with one attached hydrogen (secondary N) is 1. The maximum atomic E-state index is 13.6. The van der Waals surface area contributed by atoms with Crippen molar-refractivity contribution in [2.75, 3.05) is 17.1 Å². The number of carbonyl (C=O) groups is 2. The van der Waals surface area contributed by atoms with Gasteiger partial charge in [0.15, 0.2) is 0 Å². The lowest BCUT2D eigenvalue weighted by Crippen LogP contribution is -2.52. The zero-order valence-electron chi connectivity index (χ0n) is 20.7. The first-order chi connectivity index (χ1) is 16.4. The number of rotatable bonds is 11. The van der Waals surface area contributed by atoms with E-state index in [2.05, 4.69) is 5.32 Å². The van der Waals surface area contributed by atoms with E-state index in [1.807, 2.05) is 32.9 Å². The third-order valence-corrected chi connectivity index (χ3v) is 7.56. The van der Waals surface area contributed by atoms with Crippen LogP contribution in [-0.2, 0) is 32.6 Å². The van der Waals surface area contributed by atoms with E-state index in [4.69, 9.17) is 23.2 Å². The molecule has 1 N–H and O–H groups in total. The van der Waals surface area contributed by atoms with E-state index < -0.39 is 28.5 Å². The third-order valence-electron chi connectivity index (χ3n) is 5.84. The molecule has 2 atom stereocenters. The van der Waals surface area contributed by atoms with E-state index in [9.17, 15) is 18.0 Å². The Hall–Kier alpha value is -2.29. The van der Waals surface area contributed by atoms with Gasteiger partial charge >= 0.3 is 0 Å². The molecule has 2 amide bonds. The van der Waals surface area contributed by atoms with Gasteiger partial charge in [-0.25, -0.2) is 8.42 Å². The first-order valence-electron chi connectivity index (χ1n) is 11.5. The van der Waals surface area contributed by atoms with Gasteiger partial charge in [-0.1, -0.05) is 55.2 Å². The van der Waals surface area contributed by atoms with Crippen molar-refractivity contribution in [3.8, 4) is 0 Å². The predicted molar refractivity (Wildman–Crippen MR) is 142 cm³/mol. The van der Waals surface area contributed by atoms with E-state index in [1.54, 1.807) is 37.3 Å². The Morgan fingerprint density at radius 2 is 1.66 bits per heavy atom. The zero-order chi connectivity index (χ0) is 26.3. The Labute approximate surface area is 218 Å². The average Bonchev–Trinajstić information content (AvgIpc) is 2.80. The number of benzene rings is 2. The fourth-order valence-corrected chi connectivity index (χ4v) is 4.71. The highest BCUT2D eigenvalue weighted by Crippen LogP contribution is 2.24. The number of anilines is 1. The quantitative estimate of drug-likeness (QED) is 0.448. The van der Waals surface area contributed by atoms with E-state index >= 15 is 0 Å². The molecule has 0 heterocycles. The molecular formula is C25H33Cl2N3O4S. The molecule has 0 fully saturated rings. The Bertz CT molecular complexity index is 1140. The maximum absolute atomic E-state index is 13.6. The van der Waals surface area contributed by atoms with Gasteiger partial charge < -0.3 is 10.2 Å². The smallest absolute Gasteiger partial charge is 0.244 e. The second kappa shape index (κ2) is 12.6. The summed E-state index contributed by atoms with van der Waals surface area (Å²) >= 11 is 12.4. The van der Waals surface area contributed by atoms with Crippen LogP contribution in [-0.4, -0.2) is 50.0 Å². The first kappa shape index (κ1) is 28.9. The lowest BCUT2D eigenvalue weighted by molar-refractivity contribution is -0.139. The Morgan fingerprint density at radius 1 is 1.03 bits per heavy atom. The number of amides is 2. The second-order valence-corrected chi connectivity index (χ2v) is 11.3. The van der Waals surface area contributed by atoms with Crippen molar-refractivity contribution in [1.82, 2.24) is 10.2 Å². The van der Waals surface area contributed by atoms with Crippen molar-refractivity contribution in [3.63, 3.8) is 0 Å². The normalized spacial score (nSPS) is 13.1. The van der Waals surface area contributed by atoms with E-state index in [0.717, 1.165) is 29.0 Å². The molecular weight excluding hydrogens is 509 g/mol. The van der Waals surface area contributed by atoms with E-state index in [1.165, 1.54) is 4.90 Å². The molecule has 0 aliphatic rings. The summed E-state index contributed by atoms with van der Waals surface area (Å²) in [6.07, 6.45) is 2.58. The lowest BCUT2D eigenvalue weighted by Gasteiger charge is -2.32. The van der Waals surface area contributed by atoms with Crippen molar-refractivity contribution in [1.29, 1.82) is 0 Å². The fraction of sp³-hybridized carbons (Fsp3) is 0.440. The molecule has 0 saturated heterocycles. The molecule has 2 aromatic rings. The van der Waals surface area contributed by atoms with Crippen molar-refractivity contribution < 1.29 is 18.0 Å². The minimum atomic E-state index is -3.78. The summed E-state index contributed by atoms with van der Waals surface area (Å²) in [6, 6.07) is 10.9. The number of sulfonamides is 1. The summed E-state index contributed by atoms with van der Waals surface area (Å²) in [4.78, 5) is 27.8. The number of aryl methyl sites for hydroxylation is 1. The van der Waals surface area contributed by atoms with Crippen LogP contribution in [0.5, 0.6) is 0 Å². The van der Waals surface area contributed by atoms with E-state index in [-0.39, 0.29) is 18.5 Å². The van der Waals surface area contributed by atoms with Gasteiger partial charge in [-0.05, 0) is 62.1 Å². The molecule has 0 aliphatic heterocycles. The molecule has 0 bridgehead atoms. The van der Waals surface area contributed by atoms with E-state index in [0.29, 0.717) is 21.3 Å². The number of carbonyl (C=O) groups excluding carboxylic acids is 2. The number of hydrogen-bond acceptors (Lipinski definition) is 4. The number of hydrogen-bond donors (Lipinski definition) is 1. The molecule has 192 valence electrons. The van der Waals surface area contributed by atoms with Crippen molar-refractivity contribution in [3.05, 3.63) is 63.6 Å². The van der Waals surface area contributed by atoms with Crippen LogP contribution in [0.1, 0.15) is 45.2 Å². The highest BCUT2D eigenvalue weighted by molar-refractivity contribution is 7.92. The zero-order valence-corrected chi connectivity index (χ0v) is 23.0. The first-order valence-corrected chi connectivity index (χ1v) is 14.1. The van der Waals surface area contributed by atoms with Gasteiger partial charge in [-0.3, -0.25) is 13.9 Å². The fourth-order valence-electron chi connectivity index (χ4n) is 3.39. The molecule has 0 aliphatic carbocycles. The summed E-state index contributed by atoms with van der Waals surface area (Å²) < 4.78 is 26.3. The summed E-state index contributed by atoms with van der Waals surface area (Å²) in [5.41, 5.74) is 2.01. The van der Waals surface area contributed by atoms with Crippen LogP contribution < -0.4 is 9.62 Å². The Kier molecular flexibility index (Phi) is 10.4. The molecule has 0 saturated carbocycles. The number of halogens is 2. The van der Waals surface area contributed by atoms with Crippen LogP contribution >= 0.6 is 23.2 Å². The Morgan fingerprint density at radius 3 is 2.17 bits per heavy atom. The topological polar surface area (TPSA) is 86.8 Å². The minimum absolute atomic E-state index is 0.0102. The van der Waals surface area contributed by atoms with Crippen LogP contribution in [0.15, 0.2) is 42.5 Å². The monoisotopic (exact) mass is 541 g/mol. The molecule has 10 heteroatoms. The molecule has 2 aromatic carbocycles. The van der Waals surface area contributed by atoms with Crippen molar-refractivity contribution >= 4 is 50.7 Å².